The summed E-state index contributed by atoms with van der Waals surface area (Å²) in [5.41, 5.74) is 1.33. The Kier molecular flexibility index (Phi) is 5.24. The lowest BCUT2D eigenvalue weighted by Gasteiger charge is -2.19. The second-order valence-electron chi connectivity index (χ2n) is 6.44. The van der Waals surface area contributed by atoms with Gasteiger partial charge in [0.2, 0.25) is 0 Å². The Morgan fingerprint density at radius 3 is 2.69 bits per heavy atom. The Labute approximate surface area is 166 Å². The predicted octanol–water partition coefficient (Wildman–Crippen LogP) is 3.37. The molecular weight excluding hydrogens is 375 g/mol. The Morgan fingerprint density at radius 2 is 1.86 bits per heavy atom. The maximum atomic E-state index is 13.7. The number of hydrogen-bond acceptors (Lipinski definition) is 6. The monoisotopic (exact) mass is 394 g/mol. The minimum Gasteiger partial charge on any atom is -0.486 e. The third-order valence-electron chi connectivity index (χ3n) is 4.28. The fourth-order valence-electron chi connectivity index (χ4n) is 2.92. The van der Waals surface area contributed by atoms with E-state index in [9.17, 15) is 9.18 Å². The lowest BCUT2D eigenvalue weighted by molar-refractivity contribution is 0.0945. The van der Waals surface area contributed by atoms with Crippen LogP contribution in [0.3, 0.4) is 0 Å². The highest BCUT2D eigenvalue weighted by atomic mass is 19.1. The SMILES string of the molecule is Cc1nc(Nc2ccc3c(c2)OCCO3)cc(C(=O)NCc2ccccc2F)n1. The number of benzene rings is 2. The third kappa shape index (κ3) is 4.43. The van der Waals surface area contributed by atoms with Crippen LogP contribution in [0.15, 0.2) is 48.5 Å². The molecule has 1 amide bonds. The van der Waals surface area contributed by atoms with E-state index in [0.29, 0.717) is 41.9 Å². The Bertz CT molecular complexity index is 1060. The Balaban J connectivity index is 1.48. The number of aryl methyl sites for hydroxylation is 1. The van der Waals surface area contributed by atoms with Crippen LogP contribution in [0.25, 0.3) is 0 Å². The van der Waals surface area contributed by atoms with E-state index in [0.717, 1.165) is 5.69 Å². The lowest BCUT2D eigenvalue weighted by Crippen LogP contribution is -2.25. The molecule has 1 aromatic heterocycles. The van der Waals surface area contributed by atoms with Crippen molar-refractivity contribution in [3.05, 3.63) is 71.4 Å². The largest absolute Gasteiger partial charge is 0.486 e. The number of nitrogens with one attached hydrogen (secondary N) is 2. The van der Waals surface area contributed by atoms with Crippen molar-refractivity contribution in [1.29, 1.82) is 0 Å². The molecule has 0 atom stereocenters. The standard InChI is InChI=1S/C21H19FN4O3/c1-13-24-17(21(27)23-12-14-4-2-3-5-16(14)22)11-20(25-13)26-15-6-7-18-19(10-15)29-9-8-28-18/h2-7,10-11H,8-9,12H2,1H3,(H,23,27)(H,24,25,26). The minimum atomic E-state index is -0.413. The predicted molar refractivity (Wildman–Crippen MR) is 105 cm³/mol. The Morgan fingerprint density at radius 1 is 1.07 bits per heavy atom. The molecule has 7 nitrogen and oxygen atoms in total. The molecule has 2 N–H and O–H groups in total. The van der Waals surface area contributed by atoms with Crippen LogP contribution < -0.4 is 20.1 Å². The second kappa shape index (κ2) is 8.14. The van der Waals surface area contributed by atoms with Crippen LogP contribution in [0.1, 0.15) is 21.9 Å². The molecule has 8 heteroatoms. The summed E-state index contributed by atoms with van der Waals surface area (Å²) >= 11 is 0. The molecule has 0 bridgehead atoms. The maximum Gasteiger partial charge on any atom is 0.270 e. The summed E-state index contributed by atoms with van der Waals surface area (Å²) in [6.45, 7) is 2.79. The highest BCUT2D eigenvalue weighted by Crippen LogP contribution is 2.33. The maximum absolute atomic E-state index is 13.7. The van der Waals surface area contributed by atoms with Gasteiger partial charge in [-0.2, -0.15) is 0 Å². The van der Waals surface area contributed by atoms with Gasteiger partial charge in [0.15, 0.2) is 11.5 Å². The van der Waals surface area contributed by atoms with Gasteiger partial charge < -0.3 is 20.1 Å². The third-order valence-corrected chi connectivity index (χ3v) is 4.28. The van der Waals surface area contributed by atoms with Crippen LogP contribution in [0, 0.1) is 12.7 Å². The van der Waals surface area contributed by atoms with Gasteiger partial charge in [0.25, 0.3) is 5.91 Å². The molecule has 0 spiro atoms. The number of ether oxygens (including phenoxy) is 2. The van der Waals surface area contributed by atoms with Crippen molar-refractivity contribution >= 4 is 17.4 Å². The molecule has 4 rings (SSSR count). The summed E-state index contributed by atoms with van der Waals surface area (Å²) in [5, 5.41) is 5.83. The zero-order chi connectivity index (χ0) is 20.2. The quantitative estimate of drug-likeness (QED) is 0.690. The van der Waals surface area contributed by atoms with Crippen molar-refractivity contribution in [3.8, 4) is 11.5 Å². The number of hydrogen-bond donors (Lipinski definition) is 2. The zero-order valence-electron chi connectivity index (χ0n) is 15.7. The highest BCUT2D eigenvalue weighted by Gasteiger charge is 2.14. The first-order chi connectivity index (χ1) is 14.1. The summed E-state index contributed by atoms with van der Waals surface area (Å²) < 4.78 is 24.8. The van der Waals surface area contributed by atoms with E-state index in [1.807, 2.05) is 18.2 Å². The van der Waals surface area contributed by atoms with Crippen molar-refractivity contribution in [2.45, 2.75) is 13.5 Å². The molecule has 0 saturated carbocycles. The van der Waals surface area contributed by atoms with E-state index >= 15 is 0 Å². The fraction of sp³-hybridized carbons (Fsp3) is 0.190. The number of nitrogens with zero attached hydrogens (tertiary/aromatic N) is 2. The number of amides is 1. The minimum absolute atomic E-state index is 0.0689. The Hall–Kier alpha value is -3.68. The van der Waals surface area contributed by atoms with Gasteiger partial charge in [0.05, 0.1) is 0 Å². The molecule has 2 heterocycles. The number of rotatable bonds is 5. The first kappa shape index (κ1) is 18.7. The number of halogens is 1. The van der Waals surface area contributed by atoms with Crippen LogP contribution in [0.2, 0.25) is 0 Å². The smallest absolute Gasteiger partial charge is 0.270 e. The fourth-order valence-corrected chi connectivity index (χ4v) is 2.92. The van der Waals surface area contributed by atoms with E-state index in [1.54, 1.807) is 31.2 Å². The molecule has 2 aromatic carbocycles. The van der Waals surface area contributed by atoms with Gasteiger partial charge >= 0.3 is 0 Å². The molecule has 0 radical (unpaired) electrons. The molecule has 29 heavy (non-hydrogen) atoms. The van der Waals surface area contributed by atoms with Crippen molar-refractivity contribution < 1.29 is 18.7 Å². The molecule has 0 saturated heterocycles. The highest BCUT2D eigenvalue weighted by molar-refractivity contribution is 5.93. The summed E-state index contributed by atoms with van der Waals surface area (Å²) in [4.78, 5) is 21.0. The van der Waals surface area contributed by atoms with Crippen molar-refractivity contribution in [1.82, 2.24) is 15.3 Å². The van der Waals surface area contributed by atoms with Gasteiger partial charge in [-0.1, -0.05) is 18.2 Å². The van der Waals surface area contributed by atoms with Crippen molar-refractivity contribution in [2.24, 2.45) is 0 Å². The topological polar surface area (TPSA) is 85.4 Å². The number of fused-ring (bicyclic) bond motifs is 1. The molecule has 0 fully saturated rings. The average molecular weight is 394 g/mol. The molecule has 1 aliphatic heterocycles. The first-order valence-electron chi connectivity index (χ1n) is 9.12. The van der Waals surface area contributed by atoms with E-state index in [1.165, 1.54) is 6.07 Å². The lowest BCUT2D eigenvalue weighted by atomic mass is 10.2. The van der Waals surface area contributed by atoms with Crippen LogP contribution in [-0.2, 0) is 6.54 Å². The molecule has 1 aliphatic rings. The van der Waals surface area contributed by atoms with E-state index < -0.39 is 5.91 Å². The molecular formula is C21H19FN4O3. The average Bonchev–Trinajstić information content (AvgIpc) is 2.72. The number of anilines is 2. The van der Waals surface area contributed by atoms with Gasteiger partial charge in [-0.05, 0) is 25.1 Å². The summed E-state index contributed by atoms with van der Waals surface area (Å²) in [6.07, 6.45) is 0. The summed E-state index contributed by atoms with van der Waals surface area (Å²) in [7, 11) is 0. The number of aromatic nitrogens is 2. The van der Waals surface area contributed by atoms with Gasteiger partial charge in [-0.25, -0.2) is 14.4 Å². The molecule has 0 unspecified atom stereocenters. The second-order valence-corrected chi connectivity index (χ2v) is 6.44. The first-order valence-corrected chi connectivity index (χ1v) is 9.12. The van der Waals surface area contributed by atoms with Gasteiger partial charge in [0.1, 0.15) is 36.4 Å². The van der Waals surface area contributed by atoms with E-state index in [-0.39, 0.29) is 18.1 Å². The van der Waals surface area contributed by atoms with Gasteiger partial charge in [-0.15, -0.1) is 0 Å². The zero-order valence-corrected chi connectivity index (χ0v) is 15.7. The van der Waals surface area contributed by atoms with Crippen LogP contribution in [-0.4, -0.2) is 29.1 Å². The van der Waals surface area contributed by atoms with Gasteiger partial charge in [-0.3, -0.25) is 4.79 Å². The number of carbonyl (C=O) groups excluding carboxylic acids is 1. The van der Waals surface area contributed by atoms with E-state index in [4.69, 9.17) is 9.47 Å². The molecule has 148 valence electrons. The van der Waals surface area contributed by atoms with Crippen LogP contribution in [0.4, 0.5) is 15.9 Å². The molecule has 0 aliphatic carbocycles. The molecule has 3 aromatic rings. The number of carbonyl (C=O) groups is 1. The van der Waals surface area contributed by atoms with Crippen LogP contribution >= 0.6 is 0 Å². The van der Waals surface area contributed by atoms with Gasteiger partial charge in [0, 0.05) is 29.9 Å². The van der Waals surface area contributed by atoms with Crippen molar-refractivity contribution in [3.63, 3.8) is 0 Å². The van der Waals surface area contributed by atoms with Crippen LogP contribution in [0.5, 0.6) is 11.5 Å². The normalized spacial score (nSPS) is 12.3. The summed E-state index contributed by atoms with van der Waals surface area (Å²) in [6, 6.07) is 13.3. The van der Waals surface area contributed by atoms with E-state index in [2.05, 4.69) is 20.6 Å². The summed E-state index contributed by atoms with van der Waals surface area (Å²) in [5.74, 6) is 1.45. The van der Waals surface area contributed by atoms with Crippen molar-refractivity contribution in [2.75, 3.05) is 18.5 Å².